The Labute approximate surface area is 169 Å². The van der Waals surface area contributed by atoms with E-state index in [1.165, 1.54) is 10.2 Å². The molecular weight excluding hydrogens is 366 g/mol. The van der Waals surface area contributed by atoms with Crippen LogP contribution in [0, 0.1) is 0 Å². The summed E-state index contributed by atoms with van der Waals surface area (Å²) in [6, 6.07) is 17.6. The van der Waals surface area contributed by atoms with Crippen molar-refractivity contribution in [2.75, 3.05) is 26.2 Å². The summed E-state index contributed by atoms with van der Waals surface area (Å²) in [5, 5.41) is 8.63. The first kappa shape index (κ1) is 19.3. The molecule has 1 aromatic heterocycles. The van der Waals surface area contributed by atoms with Crippen LogP contribution in [0.3, 0.4) is 0 Å². The normalized spacial score (nSPS) is 15.0. The lowest BCUT2D eigenvalue weighted by Gasteiger charge is -2.34. The zero-order valence-corrected chi connectivity index (χ0v) is 16.4. The Morgan fingerprint density at radius 2 is 1.66 bits per heavy atom. The molecule has 0 atom stereocenters. The van der Waals surface area contributed by atoms with Crippen molar-refractivity contribution < 1.29 is 4.79 Å². The summed E-state index contributed by atoms with van der Waals surface area (Å²) in [5.74, 6) is 0.145. The Balaban J connectivity index is 1.25. The summed E-state index contributed by atoms with van der Waals surface area (Å²) < 4.78 is 1.35. The largest absolute Gasteiger partial charge is 0.340 e. The van der Waals surface area contributed by atoms with Gasteiger partial charge in [-0.2, -0.15) is 0 Å². The number of hydrogen-bond donors (Lipinski definition) is 0. The third kappa shape index (κ3) is 4.68. The maximum Gasteiger partial charge on any atom is 0.277 e. The SMILES string of the molecule is O=C(CCCn1nnc2ccccc2c1=O)N1CCN(Cc2ccccc2)CC1. The third-order valence-electron chi connectivity index (χ3n) is 5.36. The molecule has 150 valence electrons. The van der Waals surface area contributed by atoms with Gasteiger partial charge in [0.2, 0.25) is 5.91 Å². The van der Waals surface area contributed by atoms with Crippen molar-refractivity contribution in [2.45, 2.75) is 25.9 Å². The van der Waals surface area contributed by atoms with Gasteiger partial charge < -0.3 is 4.90 Å². The topological polar surface area (TPSA) is 71.3 Å². The van der Waals surface area contributed by atoms with Gasteiger partial charge in [-0.3, -0.25) is 14.5 Å². The summed E-state index contributed by atoms with van der Waals surface area (Å²) in [5.41, 5.74) is 1.74. The van der Waals surface area contributed by atoms with Crippen LogP contribution in [0.25, 0.3) is 10.9 Å². The van der Waals surface area contributed by atoms with E-state index in [1.807, 2.05) is 23.1 Å². The standard InChI is InChI=1S/C22H25N5O2/c28-21(26-15-13-25(14-16-26)17-18-7-2-1-3-8-18)11-6-12-27-22(29)19-9-4-5-10-20(19)23-24-27/h1-5,7-10H,6,11-17H2. The van der Waals surface area contributed by atoms with Crippen molar-refractivity contribution in [3.05, 3.63) is 70.5 Å². The fourth-order valence-corrected chi connectivity index (χ4v) is 3.70. The molecular formula is C22H25N5O2. The molecule has 1 fully saturated rings. The zero-order chi connectivity index (χ0) is 20.1. The molecule has 0 radical (unpaired) electrons. The first-order chi connectivity index (χ1) is 14.2. The van der Waals surface area contributed by atoms with E-state index in [2.05, 4.69) is 39.5 Å². The van der Waals surface area contributed by atoms with Crippen molar-refractivity contribution >= 4 is 16.8 Å². The van der Waals surface area contributed by atoms with Crippen molar-refractivity contribution in [3.63, 3.8) is 0 Å². The molecule has 3 aromatic rings. The van der Waals surface area contributed by atoms with Crippen LogP contribution in [0.5, 0.6) is 0 Å². The smallest absolute Gasteiger partial charge is 0.277 e. The average Bonchev–Trinajstić information content (AvgIpc) is 2.77. The Morgan fingerprint density at radius 3 is 2.45 bits per heavy atom. The molecule has 1 aliphatic heterocycles. The number of rotatable bonds is 6. The van der Waals surface area contributed by atoms with Crippen molar-refractivity contribution in [1.29, 1.82) is 0 Å². The molecule has 0 aliphatic carbocycles. The molecule has 1 amide bonds. The number of nitrogens with zero attached hydrogens (tertiary/aromatic N) is 5. The van der Waals surface area contributed by atoms with Crippen LogP contribution in [-0.4, -0.2) is 56.9 Å². The van der Waals surface area contributed by atoms with Crippen LogP contribution in [0.1, 0.15) is 18.4 Å². The van der Waals surface area contributed by atoms with E-state index in [0.717, 1.165) is 32.7 Å². The molecule has 0 unspecified atom stereocenters. The average molecular weight is 391 g/mol. The molecule has 1 aliphatic rings. The number of aromatic nitrogens is 3. The maximum atomic E-state index is 12.5. The summed E-state index contributed by atoms with van der Waals surface area (Å²) >= 11 is 0. The Bertz CT molecular complexity index is 1030. The summed E-state index contributed by atoms with van der Waals surface area (Å²) in [6.45, 7) is 4.60. The van der Waals surface area contributed by atoms with Crippen LogP contribution in [0.2, 0.25) is 0 Å². The van der Waals surface area contributed by atoms with Gasteiger partial charge in [0.1, 0.15) is 5.52 Å². The highest BCUT2D eigenvalue weighted by atomic mass is 16.2. The highest BCUT2D eigenvalue weighted by Gasteiger charge is 2.20. The third-order valence-corrected chi connectivity index (χ3v) is 5.36. The van der Waals surface area contributed by atoms with Crippen LogP contribution < -0.4 is 5.56 Å². The fourth-order valence-electron chi connectivity index (χ4n) is 3.70. The number of benzene rings is 2. The predicted molar refractivity (Wildman–Crippen MR) is 111 cm³/mol. The van der Waals surface area contributed by atoms with Crippen LogP contribution in [0.15, 0.2) is 59.4 Å². The van der Waals surface area contributed by atoms with Gasteiger partial charge in [0.05, 0.1) is 5.39 Å². The molecule has 0 bridgehead atoms. The molecule has 0 saturated carbocycles. The molecule has 7 nitrogen and oxygen atoms in total. The maximum absolute atomic E-state index is 12.5. The monoisotopic (exact) mass is 391 g/mol. The lowest BCUT2D eigenvalue weighted by molar-refractivity contribution is -0.133. The lowest BCUT2D eigenvalue weighted by Crippen LogP contribution is -2.48. The summed E-state index contributed by atoms with van der Waals surface area (Å²) in [7, 11) is 0. The van der Waals surface area contributed by atoms with Crippen molar-refractivity contribution in [1.82, 2.24) is 24.8 Å². The number of fused-ring (bicyclic) bond motifs is 1. The number of carbonyl (C=O) groups excluding carboxylic acids is 1. The summed E-state index contributed by atoms with van der Waals surface area (Å²) in [4.78, 5) is 29.3. The van der Waals surface area contributed by atoms with Gasteiger partial charge in [0.15, 0.2) is 0 Å². The van der Waals surface area contributed by atoms with E-state index in [9.17, 15) is 9.59 Å². The predicted octanol–water partition coefficient (Wildman–Crippen LogP) is 1.92. The van der Waals surface area contributed by atoms with Crippen LogP contribution in [0.4, 0.5) is 0 Å². The van der Waals surface area contributed by atoms with E-state index in [1.54, 1.807) is 12.1 Å². The molecule has 0 spiro atoms. The van der Waals surface area contributed by atoms with Gasteiger partial charge >= 0.3 is 0 Å². The van der Waals surface area contributed by atoms with Crippen LogP contribution >= 0.6 is 0 Å². The first-order valence-electron chi connectivity index (χ1n) is 10.1. The number of carbonyl (C=O) groups is 1. The minimum Gasteiger partial charge on any atom is -0.340 e. The second-order valence-corrected chi connectivity index (χ2v) is 7.38. The van der Waals surface area contributed by atoms with Gasteiger partial charge in [0, 0.05) is 45.7 Å². The zero-order valence-electron chi connectivity index (χ0n) is 16.4. The molecule has 4 rings (SSSR count). The van der Waals surface area contributed by atoms with E-state index in [0.29, 0.717) is 30.3 Å². The minimum absolute atomic E-state index is 0.145. The second kappa shape index (κ2) is 8.96. The first-order valence-corrected chi connectivity index (χ1v) is 10.1. The highest BCUT2D eigenvalue weighted by Crippen LogP contribution is 2.10. The number of piperazine rings is 1. The van der Waals surface area contributed by atoms with E-state index in [-0.39, 0.29) is 11.5 Å². The van der Waals surface area contributed by atoms with Gasteiger partial charge in [-0.1, -0.05) is 47.7 Å². The summed E-state index contributed by atoms with van der Waals surface area (Å²) in [6.07, 6.45) is 0.996. The molecule has 2 aromatic carbocycles. The highest BCUT2D eigenvalue weighted by molar-refractivity contribution is 5.77. The van der Waals surface area contributed by atoms with Crippen molar-refractivity contribution in [2.24, 2.45) is 0 Å². The van der Waals surface area contributed by atoms with Crippen LogP contribution in [-0.2, 0) is 17.9 Å². The van der Waals surface area contributed by atoms with Crippen molar-refractivity contribution in [3.8, 4) is 0 Å². The molecule has 29 heavy (non-hydrogen) atoms. The molecule has 1 saturated heterocycles. The minimum atomic E-state index is -0.155. The van der Waals surface area contributed by atoms with Gasteiger partial charge in [0.25, 0.3) is 5.56 Å². The number of amides is 1. The van der Waals surface area contributed by atoms with Gasteiger partial charge in [-0.15, -0.1) is 5.10 Å². The quantitative estimate of drug-likeness (QED) is 0.642. The fraction of sp³-hybridized carbons (Fsp3) is 0.364. The van der Waals surface area contributed by atoms with Gasteiger partial charge in [-0.05, 0) is 24.1 Å². The Morgan fingerprint density at radius 1 is 0.931 bits per heavy atom. The molecule has 7 heteroatoms. The van der Waals surface area contributed by atoms with E-state index < -0.39 is 0 Å². The lowest BCUT2D eigenvalue weighted by atomic mass is 10.2. The Hall–Kier alpha value is -3.06. The second-order valence-electron chi connectivity index (χ2n) is 7.38. The van der Waals surface area contributed by atoms with Gasteiger partial charge in [-0.25, -0.2) is 4.68 Å². The molecule has 0 N–H and O–H groups in total. The van der Waals surface area contributed by atoms with E-state index in [4.69, 9.17) is 0 Å². The number of hydrogen-bond acceptors (Lipinski definition) is 5. The Kier molecular flexibility index (Phi) is 5.95. The molecule has 2 heterocycles. The van der Waals surface area contributed by atoms with E-state index >= 15 is 0 Å². The number of aryl methyl sites for hydroxylation is 1.